The lowest BCUT2D eigenvalue weighted by Gasteiger charge is -2.43. The summed E-state index contributed by atoms with van der Waals surface area (Å²) < 4.78 is 10.8. The second-order valence-corrected chi connectivity index (χ2v) is 7.43. The van der Waals surface area contributed by atoms with Gasteiger partial charge in [0.25, 0.3) is 0 Å². The van der Waals surface area contributed by atoms with Crippen molar-refractivity contribution in [3.8, 4) is 0 Å². The maximum absolute atomic E-state index is 12.6. The van der Waals surface area contributed by atoms with Crippen LogP contribution in [-0.2, 0) is 9.47 Å². The molecule has 0 spiro atoms. The minimum Gasteiger partial charge on any atom is -0.444 e. The fourth-order valence-electron chi connectivity index (χ4n) is 2.74. The zero-order valence-corrected chi connectivity index (χ0v) is 15.6. The molecule has 1 aromatic heterocycles. The van der Waals surface area contributed by atoms with Gasteiger partial charge in [0, 0.05) is 19.2 Å². The van der Waals surface area contributed by atoms with E-state index in [1.54, 1.807) is 32.9 Å². The number of hydrogen-bond donors (Lipinski definition) is 1. The van der Waals surface area contributed by atoms with E-state index in [4.69, 9.17) is 32.7 Å². The zero-order chi connectivity index (χ0) is 18.1. The van der Waals surface area contributed by atoms with Gasteiger partial charge < -0.3 is 14.6 Å². The van der Waals surface area contributed by atoms with E-state index < -0.39 is 29.9 Å². The van der Waals surface area contributed by atoms with E-state index in [-0.39, 0.29) is 10.3 Å². The lowest BCUT2D eigenvalue weighted by atomic mass is 9.91. The van der Waals surface area contributed by atoms with Crippen LogP contribution in [0.5, 0.6) is 0 Å². The van der Waals surface area contributed by atoms with Gasteiger partial charge in [-0.25, -0.2) is 9.78 Å². The molecule has 0 radical (unpaired) electrons. The highest BCUT2D eigenvalue weighted by Gasteiger charge is 2.43. The van der Waals surface area contributed by atoms with Crippen LogP contribution in [0.1, 0.15) is 38.8 Å². The summed E-state index contributed by atoms with van der Waals surface area (Å²) in [4.78, 5) is 18.0. The Morgan fingerprint density at radius 3 is 2.58 bits per heavy atom. The molecule has 1 aliphatic heterocycles. The molecule has 1 aliphatic rings. The molecule has 0 saturated carbocycles. The van der Waals surface area contributed by atoms with Gasteiger partial charge in [0.15, 0.2) is 0 Å². The summed E-state index contributed by atoms with van der Waals surface area (Å²) in [5.74, 6) is 0. The molecule has 2 heterocycles. The highest BCUT2D eigenvalue weighted by Crippen LogP contribution is 2.37. The summed E-state index contributed by atoms with van der Waals surface area (Å²) in [6, 6.07) is 2.50. The van der Waals surface area contributed by atoms with Crippen LogP contribution >= 0.6 is 23.2 Å². The SMILES string of the molecule is CO[C@@H]1CCN(C(=O)OC(C)(C)C)[C@@H](c2ccc(Cl)nc2Cl)[C@H]1O. The van der Waals surface area contributed by atoms with Crippen molar-refractivity contribution in [1.29, 1.82) is 0 Å². The molecule has 0 bridgehead atoms. The molecule has 8 heteroatoms. The van der Waals surface area contributed by atoms with Crippen LogP contribution in [0.4, 0.5) is 4.79 Å². The first kappa shape index (κ1) is 19.2. The fraction of sp³-hybridized carbons (Fsp3) is 0.625. The van der Waals surface area contributed by atoms with Crippen molar-refractivity contribution in [2.75, 3.05) is 13.7 Å². The van der Waals surface area contributed by atoms with Gasteiger partial charge in [-0.05, 0) is 33.3 Å². The minimum atomic E-state index is -0.961. The predicted octanol–water partition coefficient (Wildman–Crippen LogP) is 3.45. The lowest BCUT2D eigenvalue weighted by molar-refractivity contribution is -0.0948. The van der Waals surface area contributed by atoms with Crippen LogP contribution in [0.2, 0.25) is 10.3 Å². The number of amides is 1. The van der Waals surface area contributed by atoms with Gasteiger partial charge in [0.05, 0.1) is 12.1 Å². The molecule has 3 atom stereocenters. The minimum absolute atomic E-state index is 0.136. The molecule has 1 saturated heterocycles. The summed E-state index contributed by atoms with van der Waals surface area (Å²) >= 11 is 12.0. The van der Waals surface area contributed by atoms with E-state index in [1.807, 2.05) is 0 Å². The van der Waals surface area contributed by atoms with E-state index in [1.165, 1.54) is 12.0 Å². The smallest absolute Gasteiger partial charge is 0.410 e. The number of methoxy groups -OCH3 is 1. The van der Waals surface area contributed by atoms with Gasteiger partial charge >= 0.3 is 6.09 Å². The van der Waals surface area contributed by atoms with Gasteiger partial charge in [-0.1, -0.05) is 29.3 Å². The van der Waals surface area contributed by atoms with Crippen LogP contribution in [0.15, 0.2) is 12.1 Å². The van der Waals surface area contributed by atoms with Crippen LogP contribution in [0.3, 0.4) is 0 Å². The standard InChI is InChI=1S/C16H22Cl2N2O4/c1-16(2,3)24-15(22)20-8-7-10(23-4)13(21)12(20)9-5-6-11(17)19-14(9)18/h5-6,10,12-13,21H,7-8H2,1-4H3/t10-,12+,13+/m1/s1. The monoisotopic (exact) mass is 376 g/mol. The molecule has 6 nitrogen and oxygen atoms in total. The van der Waals surface area contributed by atoms with Crippen molar-refractivity contribution in [1.82, 2.24) is 9.88 Å². The molecule has 2 rings (SSSR count). The number of pyridine rings is 1. The zero-order valence-electron chi connectivity index (χ0n) is 14.1. The van der Waals surface area contributed by atoms with E-state index in [2.05, 4.69) is 4.98 Å². The molecule has 0 aromatic carbocycles. The molecule has 1 aromatic rings. The Hall–Kier alpha value is -1.08. The Balaban J connectivity index is 2.39. The number of aromatic nitrogens is 1. The van der Waals surface area contributed by atoms with E-state index >= 15 is 0 Å². The summed E-state index contributed by atoms with van der Waals surface area (Å²) in [7, 11) is 1.52. The van der Waals surface area contributed by atoms with Crippen molar-refractivity contribution in [3.63, 3.8) is 0 Å². The summed E-state index contributed by atoms with van der Waals surface area (Å²) in [6.07, 6.45) is -1.41. The molecule has 0 aliphatic carbocycles. The first-order valence-electron chi connectivity index (χ1n) is 7.66. The third-order valence-corrected chi connectivity index (χ3v) is 4.30. The number of aliphatic hydroxyl groups is 1. The molecular weight excluding hydrogens is 355 g/mol. The number of halogens is 2. The van der Waals surface area contributed by atoms with Crippen molar-refractivity contribution < 1.29 is 19.4 Å². The normalized spacial score (nSPS) is 24.8. The summed E-state index contributed by atoms with van der Waals surface area (Å²) in [6.45, 7) is 5.73. The maximum Gasteiger partial charge on any atom is 0.410 e. The predicted molar refractivity (Wildman–Crippen MR) is 91.4 cm³/mol. The van der Waals surface area contributed by atoms with E-state index in [0.29, 0.717) is 18.5 Å². The number of rotatable bonds is 2. The van der Waals surface area contributed by atoms with E-state index in [9.17, 15) is 9.90 Å². The van der Waals surface area contributed by atoms with Crippen LogP contribution in [0, 0.1) is 0 Å². The largest absolute Gasteiger partial charge is 0.444 e. The Morgan fingerprint density at radius 1 is 1.38 bits per heavy atom. The average Bonchev–Trinajstić information content (AvgIpc) is 2.46. The highest BCUT2D eigenvalue weighted by atomic mass is 35.5. The Labute approximate surface area is 151 Å². The second kappa shape index (κ2) is 7.44. The van der Waals surface area contributed by atoms with Gasteiger partial charge in [-0.15, -0.1) is 0 Å². The van der Waals surface area contributed by atoms with Crippen LogP contribution in [0.25, 0.3) is 0 Å². The molecule has 1 fully saturated rings. The quantitative estimate of drug-likeness (QED) is 0.800. The molecule has 1 amide bonds. The Bertz CT molecular complexity index is 606. The topological polar surface area (TPSA) is 71.9 Å². The van der Waals surface area contributed by atoms with Gasteiger partial charge in [0.1, 0.15) is 22.0 Å². The maximum atomic E-state index is 12.6. The van der Waals surface area contributed by atoms with Crippen molar-refractivity contribution in [2.24, 2.45) is 0 Å². The first-order chi connectivity index (χ1) is 11.1. The number of ether oxygens (including phenoxy) is 2. The Kier molecular flexibility index (Phi) is 5.96. The average molecular weight is 377 g/mol. The Morgan fingerprint density at radius 2 is 2.04 bits per heavy atom. The van der Waals surface area contributed by atoms with Crippen LogP contribution in [-0.4, -0.2) is 52.5 Å². The van der Waals surface area contributed by atoms with Crippen LogP contribution < -0.4 is 0 Å². The van der Waals surface area contributed by atoms with Gasteiger partial charge in [0.2, 0.25) is 0 Å². The van der Waals surface area contributed by atoms with Gasteiger partial charge in [-0.3, -0.25) is 4.90 Å². The van der Waals surface area contributed by atoms with E-state index in [0.717, 1.165) is 0 Å². The summed E-state index contributed by atoms with van der Waals surface area (Å²) in [5, 5.41) is 11.1. The molecular formula is C16H22Cl2N2O4. The number of nitrogens with zero attached hydrogens (tertiary/aromatic N) is 2. The van der Waals surface area contributed by atoms with Crippen molar-refractivity contribution in [3.05, 3.63) is 28.0 Å². The number of carbonyl (C=O) groups excluding carboxylic acids is 1. The first-order valence-corrected chi connectivity index (χ1v) is 8.42. The lowest BCUT2D eigenvalue weighted by Crippen LogP contribution is -2.53. The number of likely N-dealkylation sites (tertiary alicyclic amines) is 1. The van der Waals surface area contributed by atoms with Crippen molar-refractivity contribution >= 4 is 29.3 Å². The van der Waals surface area contributed by atoms with Crippen molar-refractivity contribution in [2.45, 2.75) is 51.0 Å². The fourth-order valence-corrected chi connectivity index (χ4v) is 3.20. The molecule has 134 valence electrons. The van der Waals surface area contributed by atoms with Gasteiger partial charge in [-0.2, -0.15) is 0 Å². The number of carbonyl (C=O) groups is 1. The number of hydrogen-bond acceptors (Lipinski definition) is 5. The molecule has 0 unspecified atom stereocenters. The third-order valence-electron chi connectivity index (χ3n) is 3.79. The second-order valence-electron chi connectivity index (χ2n) is 6.69. The molecule has 24 heavy (non-hydrogen) atoms. The number of aliphatic hydroxyl groups excluding tert-OH is 1. The molecule has 1 N–H and O–H groups in total. The highest BCUT2D eigenvalue weighted by molar-refractivity contribution is 6.32. The third kappa shape index (κ3) is 4.30. The summed E-state index contributed by atoms with van der Waals surface area (Å²) in [5.41, 5.74) is -0.145. The number of piperidine rings is 1.